The summed E-state index contributed by atoms with van der Waals surface area (Å²) in [7, 11) is 0. The Hall–Kier alpha value is -4.23. The quantitative estimate of drug-likeness (QED) is 0.345. The van der Waals surface area contributed by atoms with E-state index in [1.54, 1.807) is 6.08 Å². The van der Waals surface area contributed by atoms with Gasteiger partial charge in [-0.3, -0.25) is 0 Å². The van der Waals surface area contributed by atoms with Gasteiger partial charge in [-0.2, -0.15) is 18.3 Å². The number of nitrogens with two attached hydrogens (primary N) is 1. The minimum atomic E-state index is -4.50. The predicted molar refractivity (Wildman–Crippen MR) is 144 cm³/mol. The van der Waals surface area contributed by atoms with E-state index in [4.69, 9.17) is 10.7 Å². The summed E-state index contributed by atoms with van der Waals surface area (Å²) in [5.41, 5.74) is 5.72. The van der Waals surface area contributed by atoms with Gasteiger partial charge in [0.25, 0.3) is 0 Å². The van der Waals surface area contributed by atoms with Crippen LogP contribution in [0.25, 0.3) is 27.5 Å². The van der Waals surface area contributed by atoms with E-state index in [9.17, 15) is 18.3 Å². The highest BCUT2D eigenvalue weighted by atomic mass is 19.4. The zero-order valence-corrected chi connectivity index (χ0v) is 21.9. The van der Waals surface area contributed by atoms with Crippen molar-refractivity contribution in [2.24, 2.45) is 5.41 Å². The number of para-hydroxylation sites is 1. The number of benzene rings is 1. The number of rotatable bonds is 3. The molecule has 0 saturated carbocycles. The van der Waals surface area contributed by atoms with Gasteiger partial charge in [-0.05, 0) is 57.2 Å². The van der Waals surface area contributed by atoms with Crippen molar-refractivity contribution in [1.82, 2.24) is 24.7 Å². The van der Waals surface area contributed by atoms with Crippen LogP contribution >= 0.6 is 0 Å². The van der Waals surface area contributed by atoms with Crippen LogP contribution in [-0.2, 0) is 6.54 Å². The summed E-state index contributed by atoms with van der Waals surface area (Å²) in [6.07, 6.45) is 1.26. The number of aromatic nitrogens is 5. The van der Waals surface area contributed by atoms with Crippen molar-refractivity contribution < 1.29 is 18.3 Å². The third-order valence-electron chi connectivity index (χ3n) is 6.89. The van der Waals surface area contributed by atoms with Gasteiger partial charge in [-0.25, -0.2) is 19.6 Å². The first-order valence-corrected chi connectivity index (χ1v) is 12.3. The van der Waals surface area contributed by atoms with E-state index in [2.05, 4.69) is 26.9 Å². The number of alkyl halides is 3. The topological polar surface area (TPSA) is 103 Å². The van der Waals surface area contributed by atoms with Gasteiger partial charge >= 0.3 is 6.18 Å². The molecule has 0 radical (unpaired) electrons. The number of nitrogens with zero attached hydrogens (tertiary/aromatic N) is 5. The molecule has 7 nitrogen and oxygen atoms in total. The SMILES string of the molecule is Cc1cccc2cc(Cn3nc(C#CC(C)(C)O)c4c(N)ncnc43)c(C3=CC=CCC3(C)C(F)(F)F)nc12. The largest absolute Gasteiger partial charge is 0.398 e. The molecular formula is C29H27F3N6O. The van der Waals surface area contributed by atoms with Crippen molar-refractivity contribution in [2.75, 3.05) is 5.73 Å². The molecule has 0 spiro atoms. The van der Waals surface area contributed by atoms with E-state index in [0.29, 0.717) is 22.1 Å². The van der Waals surface area contributed by atoms with Crippen molar-refractivity contribution in [3.8, 4) is 11.8 Å². The fraction of sp³-hybridized carbons (Fsp3) is 0.310. The van der Waals surface area contributed by atoms with E-state index in [-0.39, 0.29) is 35.7 Å². The normalized spacial score (nSPS) is 17.8. The molecule has 1 aliphatic rings. The zero-order valence-electron chi connectivity index (χ0n) is 21.9. The van der Waals surface area contributed by atoms with Crippen LogP contribution in [0.5, 0.6) is 0 Å². The Kier molecular flexibility index (Phi) is 6.23. The first-order valence-electron chi connectivity index (χ1n) is 12.3. The Morgan fingerprint density at radius 2 is 1.97 bits per heavy atom. The molecule has 1 unspecified atom stereocenters. The number of hydrogen-bond acceptors (Lipinski definition) is 6. The zero-order chi connectivity index (χ0) is 28.2. The number of hydrogen-bond donors (Lipinski definition) is 2. The van der Waals surface area contributed by atoms with E-state index in [1.165, 1.54) is 43.9 Å². The molecular weight excluding hydrogens is 505 g/mol. The summed E-state index contributed by atoms with van der Waals surface area (Å²) < 4.78 is 44.9. The number of halogens is 3. The molecule has 0 bridgehead atoms. The molecule has 5 rings (SSSR count). The Morgan fingerprint density at radius 3 is 2.69 bits per heavy atom. The van der Waals surface area contributed by atoms with Gasteiger partial charge in [0.15, 0.2) is 5.65 Å². The molecule has 4 aromatic rings. The van der Waals surface area contributed by atoms with Crippen LogP contribution in [0.1, 0.15) is 49.7 Å². The van der Waals surface area contributed by atoms with Gasteiger partial charge in [0.2, 0.25) is 0 Å². The van der Waals surface area contributed by atoms with Crippen molar-refractivity contribution in [1.29, 1.82) is 0 Å². The van der Waals surface area contributed by atoms with Gasteiger partial charge in [0, 0.05) is 10.9 Å². The molecule has 0 aliphatic heterocycles. The van der Waals surface area contributed by atoms with Crippen LogP contribution in [0.2, 0.25) is 0 Å². The fourth-order valence-corrected chi connectivity index (χ4v) is 4.72. The van der Waals surface area contributed by atoms with Gasteiger partial charge < -0.3 is 10.8 Å². The second-order valence-electron chi connectivity index (χ2n) is 10.5. The summed E-state index contributed by atoms with van der Waals surface area (Å²) in [5, 5.41) is 15.9. The Bertz CT molecular complexity index is 1730. The summed E-state index contributed by atoms with van der Waals surface area (Å²) >= 11 is 0. The number of pyridine rings is 1. The van der Waals surface area contributed by atoms with Gasteiger partial charge in [0.05, 0.1) is 28.6 Å². The monoisotopic (exact) mass is 532 g/mol. The fourth-order valence-electron chi connectivity index (χ4n) is 4.72. The van der Waals surface area contributed by atoms with Gasteiger partial charge in [-0.1, -0.05) is 42.3 Å². The maximum atomic E-state index is 14.5. The number of aryl methyl sites for hydroxylation is 1. The van der Waals surface area contributed by atoms with Gasteiger partial charge in [0.1, 0.15) is 23.4 Å². The van der Waals surface area contributed by atoms with Crippen LogP contribution in [0.15, 0.2) is 48.8 Å². The van der Waals surface area contributed by atoms with Crippen LogP contribution in [0.3, 0.4) is 0 Å². The number of anilines is 1. The lowest BCUT2D eigenvalue weighted by Gasteiger charge is -2.35. The molecule has 1 aromatic carbocycles. The maximum absolute atomic E-state index is 14.5. The van der Waals surface area contributed by atoms with Gasteiger partial charge in [-0.15, -0.1) is 0 Å². The summed E-state index contributed by atoms with van der Waals surface area (Å²) in [4.78, 5) is 13.2. The lowest BCUT2D eigenvalue weighted by molar-refractivity contribution is -0.195. The molecule has 3 heterocycles. The summed E-state index contributed by atoms with van der Waals surface area (Å²) in [5.74, 6) is 5.72. The van der Waals surface area contributed by atoms with Crippen LogP contribution < -0.4 is 5.73 Å². The van der Waals surface area contributed by atoms with E-state index in [1.807, 2.05) is 31.2 Å². The number of nitrogen functional groups attached to an aromatic ring is 1. The highest BCUT2D eigenvalue weighted by Crippen LogP contribution is 2.52. The van der Waals surface area contributed by atoms with Crippen LogP contribution in [-0.4, -0.2) is 41.6 Å². The molecule has 200 valence electrons. The van der Waals surface area contributed by atoms with Crippen LogP contribution in [0.4, 0.5) is 19.0 Å². The summed E-state index contributed by atoms with van der Waals surface area (Å²) in [6.45, 7) is 6.22. The molecule has 0 amide bonds. The lowest BCUT2D eigenvalue weighted by Crippen LogP contribution is -2.37. The minimum absolute atomic E-state index is 0.0539. The molecule has 10 heteroatoms. The number of allylic oxidation sites excluding steroid dienone is 4. The van der Waals surface area contributed by atoms with Crippen molar-refractivity contribution >= 4 is 33.3 Å². The molecule has 0 fully saturated rings. The molecule has 39 heavy (non-hydrogen) atoms. The van der Waals surface area contributed by atoms with E-state index >= 15 is 0 Å². The van der Waals surface area contributed by atoms with Crippen molar-refractivity contribution in [3.05, 3.63) is 71.3 Å². The second-order valence-corrected chi connectivity index (χ2v) is 10.5. The first kappa shape index (κ1) is 26.4. The average Bonchev–Trinajstić information content (AvgIpc) is 3.21. The van der Waals surface area contributed by atoms with Crippen molar-refractivity contribution in [2.45, 2.75) is 52.4 Å². The number of aliphatic hydroxyl groups is 1. The van der Waals surface area contributed by atoms with Crippen molar-refractivity contribution in [3.63, 3.8) is 0 Å². The second kappa shape index (κ2) is 9.20. The Balaban J connectivity index is 1.75. The molecule has 3 N–H and O–H groups in total. The van der Waals surface area contributed by atoms with E-state index in [0.717, 1.165) is 10.9 Å². The molecule has 0 saturated heterocycles. The lowest BCUT2D eigenvalue weighted by atomic mass is 9.73. The highest BCUT2D eigenvalue weighted by Gasteiger charge is 2.54. The number of fused-ring (bicyclic) bond motifs is 2. The molecule has 1 atom stereocenters. The first-order chi connectivity index (χ1) is 18.3. The highest BCUT2D eigenvalue weighted by molar-refractivity contribution is 5.91. The smallest absolute Gasteiger partial charge is 0.383 e. The molecule has 3 aromatic heterocycles. The third-order valence-corrected chi connectivity index (χ3v) is 6.89. The molecule has 1 aliphatic carbocycles. The van der Waals surface area contributed by atoms with E-state index < -0.39 is 17.2 Å². The van der Waals surface area contributed by atoms with Crippen LogP contribution in [0, 0.1) is 24.2 Å². The maximum Gasteiger partial charge on any atom is 0.398 e. The standard InChI is InChI=1S/C29H27F3N6O/c1-17-8-7-9-18-14-19(24(36-23(17)18)20-10-5-6-12-28(20,4)29(30,31)32)15-38-26-22(25(33)34-16-35-26)21(37-38)11-13-27(2,3)39/h5-10,14,16,39H,12,15H2,1-4H3,(H2,33,34,35). The average molecular weight is 533 g/mol. The third kappa shape index (κ3) is 4.74. The Labute approximate surface area is 223 Å². The Morgan fingerprint density at radius 1 is 1.21 bits per heavy atom. The minimum Gasteiger partial charge on any atom is -0.383 e. The summed E-state index contributed by atoms with van der Waals surface area (Å²) in [6, 6.07) is 7.49. The predicted octanol–water partition coefficient (Wildman–Crippen LogP) is 5.35.